The van der Waals surface area contributed by atoms with Crippen molar-refractivity contribution in [3.8, 4) is 0 Å². The zero-order valence-corrected chi connectivity index (χ0v) is 12.7. The van der Waals surface area contributed by atoms with Crippen molar-refractivity contribution >= 4 is 21.6 Å². The molecule has 1 fully saturated rings. The molecule has 0 spiro atoms. The SMILES string of the molecule is CCS(=O)(=O)N(C)c1cccc(C(=O)N2CCCC2)c1. The molecule has 20 heavy (non-hydrogen) atoms. The first kappa shape index (κ1) is 14.8. The Kier molecular flexibility index (Phi) is 4.32. The average molecular weight is 296 g/mol. The van der Waals surface area contributed by atoms with Crippen LogP contribution >= 0.6 is 0 Å². The van der Waals surface area contributed by atoms with Crippen LogP contribution in [0.4, 0.5) is 5.69 Å². The van der Waals surface area contributed by atoms with Crippen LogP contribution in [0.15, 0.2) is 24.3 Å². The number of hydrogen-bond acceptors (Lipinski definition) is 3. The largest absolute Gasteiger partial charge is 0.339 e. The van der Waals surface area contributed by atoms with Crippen molar-refractivity contribution in [3.63, 3.8) is 0 Å². The van der Waals surface area contributed by atoms with Crippen LogP contribution in [0.5, 0.6) is 0 Å². The second-order valence-corrected chi connectivity index (χ2v) is 7.21. The summed E-state index contributed by atoms with van der Waals surface area (Å²) >= 11 is 0. The van der Waals surface area contributed by atoms with Crippen molar-refractivity contribution in [3.05, 3.63) is 29.8 Å². The minimum Gasteiger partial charge on any atom is -0.339 e. The van der Waals surface area contributed by atoms with Crippen molar-refractivity contribution in [2.24, 2.45) is 0 Å². The Morgan fingerprint density at radius 1 is 1.30 bits per heavy atom. The van der Waals surface area contributed by atoms with Gasteiger partial charge in [0.1, 0.15) is 0 Å². The average Bonchev–Trinajstić information content (AvgIpc) is 3.00. The summed E-state index contributed by atoms with van der Waals surface area (Å²) < 4.78 is 25.0. The monoisotopic (exact) mass is 296 g/mol. The summed E-state index contributed by atoms with van der Waals surface area (Å²) in [7, 11) is -1.79. The van der Waals surface area contributed by atoms with Gasteiger partial charge < -0.3 is 4.90 Å². The molecular weight excluding hydrogens is 276 g/mol. The van der Waals surface area contributed by atoms with Crippen molar-refractivity contribution in [2.45, 2.75) is 19.8 Å². The van der Waals surface area contributed by atoms with E-state index in [0.717, 1.165) is 25.9 Å². The number of nitrogens with zero attached hydrogens (tertiary/aromatic N) is 2. The number of hydrogen-bond donors (Lipinski definition) is 0. The third kappa shape index (κ3) is 2.95. The van der Waals surface area contributed by atoms with Crippen molar-refractivity contribution in [2.75, 3.05) is 30.2 Å². The van der Waals surface area contributed by atoms with Crippen molar-refractivity contribution < 1.29 is 13.2 Å². The van der Waals surface area contributed by atoms with Gasteiger partial charge in [0.25, 0.3) is 5.91 Å². The van der Waals surface area contributed by atoms with Crippen LogP contribution in [-0.4, -0.2) is 45.1 Å². The lowest BCUT2D eigenvalue weighted by Crippen LogP contribution is -2.29. The van der Waals surface area contributed by atoms with E-state index >= 15 is 0 Å². The van der Waals surface area contributed by atoms with Crippen LogP contribution in [0, 0.1) is 0 Å². The number of rotatable bonds is 4. The molecule has 0 atom stereocenters. The second kappa shape index (κ2) is 5.83. The first-order valence-corrected chi connectivity index (χ1v) is 8.42. The summed E-state index contributed by atoms with van der Waals surface area (Å²) in [6, 6.07) is 6.80. The lowest BCUT2D eigenvalue weighted by atomic mass is 10.2. The van der Waals surface area contributed by atoms with E-state index in [0.29, 0.717) is 11.3 Å². The molecule has 1 aliphatic heterocycles. The first-order chi connectivity index (χ1) is 9.45. The molecule has 1 aromatic rings. The third-order valence-corrected chi connectivity index (χ3v) is 5.41. The number of amides is 1. The number of likely N-dealkylation sites (tertiary alicyclic amines) is 1. The number of anilines is 1. The molecule has 0 unspecified atom stereocenters. The number of benzene rings is 1. The molecule has 6 heteroatoms. The van der Waals surface area contributed by atoms with Crippen LogP contribution in [0.1, 0.15) is 30.1 Å². The van der Waals surface area contributed by atoms with Gasteiger partial charge in [-0.2, -0.15) is 0 Å². The summed E-state index contributed by atoms with van der Waals surface area (Å²) in [4.78, 5) is 14.1. The topological polar surface area (TPSA) is 57.7 Å². The molecule has 5 nitrogen and oxygen atoms in total. The van der Waals surface area contributed by atoms with Crippen molar-refractivity contribution in [1.29, 1.82) is 0 Å². The van der Waals surface area contributed by atoms with E-state index in [2.05, 4.69) is 0 Å². The minimum atomic E-state index is -3.30. The van der Waals surface area contributed by atoms with E-state index in [9.17, 15) is 13.2 Å². The molecule has 1 amide bonds. The van der Waals surface area contributed by atoms with E-state index in [1.807, 2.05) is 4.90 Å². The standard InChI is InChI=1S/C14H20N2O3S/c1-3-20(18,19)15(2)13-8-6-7-12(11-13)14(17)16-9-4-5-10-16/h6-8,11H,3-5,9-10H2,1-2H3. The Balaban J connectivity index is 2.26. The third-order valence-electron chi connectivity index (χ3n) is 3.63. The van der Waals surface area contributed by atoms with Gasteiger partial charge in [0.2, 0.25) is 10.0 Å². The summed E-state index contributed by atoms with van der Waals surface area (Å²) in [5, 5.41) is 0. The van der Waals surface area contributed by atoms with E-state index in [1.165, 1.54) is 11.4 Å². The molecular formula is C14H20N2O3S. The van der Waals surface area contributed by atoms with E-state index < -0.39 is 10.0 Å². The van der Waals surface area contributed by atoms with Crippen molar-refractivity contribution in [1.82, 2.24) is 4.90 Å². The summed E-state index contributed by atoms with van der Waals surface area (Å²) in [6.07, 6.45) is 2.07. The van der Waals surface area contributed by atoms with Gasteiger partial charge in [0.15, 0.2) is 0 Å². The fourth-order valence-electron chi connectivity index (χ4n) is 2.29. The summed E-state index contributed by atoms with van der Waals surface area (Å²) in [5.41, 5.74) is 1.07. The highest BCUT2D eigenvalue weighted by atomic mass is 32.2. The molecule has 110 valence electrons. The molecule has 0 aliphatic carbocycles. The Morgan fingerprint density at radius 2 is 1.95 bits per heavy atom. The Hall–Kier alpha value is -1.56. The van der Waals surface area contributed by atoms with Gasteiger partial charge in [-0.15, -0.1) is 0 Å². The highest BCUT2D eigenvalue weighted by Crippen LogP contribution is 2.20. The number of carbonyl (C=O) groups excluding carboxylic acids is 1. The Labute approximate surface area is 120 Å². The van der Waals surface area contributed by atoms with Gasteiger partial charge in [-0.05, 0) is 38.0 Å². The maximum atomic E-state index is 12.3. The van der Waals surface area contributed by atoms with Crippen LogP contribution < -0.4 is 4.31 Å². The Bertz CT molecular complexity index is 592. The van der Waals surface area contributed by atoms with Gasteiger partial charge in [0, 0.05) is 25.7 Å². The molecule has 1 heterocycles. The quantitative estimate of drug-likeness (QED) is 0.850. The normalized spacial score (nSPS) is 15.4. The first-order valence-electron chi connectivity index (χ1n) is 6.81. The molecule has 0 aromatic heterocycles. The lowest BCUT2D eigenvalue weighted by molar-refractivity contribution is 0.0793. The van der Waals surface area contributed by atoms with Gasteiger partial charge in [0.05, 0.1) is 11.4 Å². The predicted octanol–water partition coefficient (Wildman–Crippen LogP) is 1.71. The van der Waals surface area contributed by atoms with Gasteiger partial charge in [-0.1, -0.05) is 6.07 Å². The molecule has 0 N–H and O–H groups in total. The van der Waals surface area contributed by atoms with E-state index in [-0.39, 0.29) is 11.7 Å². The highest BCUT2D eigenvalue weighted by molar-refractivity contribution is 7.92. The van der Waals surface area contributed by atoms with Gasteiger partial charge >= 0.3 is 0 Å². The highest BCUT2D eigenvalue weighted by Gasteiger charge is 2.21. The maximum absolute atomic E-state index is 12.3. The molecule has 1 aromatic carbocycles. The fourth-order valence-corrected chi connectivity index (χ4v) is 3.11. The van der Waals surface area contributed by atoms with Crippen LogP contribution in [0.25, 0.3) is 0 Å². The van der Waals surface area contributed by atoms with Crippen LogP contribution in [0.3, 0.4) is 0 Å². The molecule has 1 saturated heterocycles. The van der Waals surface area contributed by atoms with Gasteiger partial charge in [-0.25, -0.2) is 8.42 Å². The second-order valence-electron chi connectivity index (χ2n) is 4.92. The summed E-state index contributed by atoms with van der Waals surface area (Å²) in [5.74, 6) is 0.0139. The van der Waals surface area contributed by atoms with E-state index in [1.54, 1.807) is 31.2 Å². The lowest BCUT2D eigenvalue weighted by Gasteiger charge is -2.20. The Morgan fingerprint density at radius 3 is 2.55 bits per heavy atom. The fraction of sp³-hybridized carbons (Fsp3) is 0.500. The molecule has 1 aliphatic rings. The molecule has 0 saturated carbocycles. The van der Waals surface area contributed by atoms with Gasteiger partial charge in [-0.3, -0.25) is 9.10 Å². The minimum absolute atomic E-state index is 0.0216. The zero-order valence-electron chi connectivity index (χ0n) is 11.9. The summed E-state index contributed by atoms with van der Waals surface area (Å²) in [6.45, 7) is 3.17. The number of sulfonamides is 1. The molecule has 0 bridgehead atoms. The molecule has 0 radical (unpaired) electrons. The molecule has 2 rings (SSSR count). The van der Waals surface area contributed by atoms with Crippen LogP contribution in [-0.2, 0) is 10.0 Å². The maximum Gasteiger partial charge on any atom is 0.253 e. The predicted molar refractivity (Wildman–Crippen MR) is 79.4 cm³/mol. The smallest absolute Gasteiger partial charge is 0.253 e. The zero-order chi connectivity index (χ0) is 14.8. The van der Waals surface area contributed by atoms with E-state index in [4.69, 9.17) is 0 Å². The number of carbonyl (C=O) groups is 1. The van der Waals surface area contributed by atoms with Crippen LogP contribution in [0.2, 0.25) is 0 Å².